The van der Waals surface area contributed by atoms with Crippen LogP contribution >= 0.6 is 0 Å². The molecular formula is C46H2. The van der Waals surface area contributed by atoms with E-state index in [1.54, 1.807) is 0 Å². The molecule has 0 aliphatic rings. The van der Waals surface area contributed by atoms with Gasteiger partial charge in [-0.2, -0.15) is 0 Å². The summed E-state index contributed by atoms with van der Waals surface area (Å²) in [6.45, 7) is 0. The summed E-state index contributed by atoms with van der Waals surface area (Å²) in [6, 6.07) is 0. The van der Waals surface area contributed by atoms with Crippen LogP contribution in [0, 0.1) is 273 Å². The zero-order valence-corrected chi connectivity index (χ0v) is 23.1. The largest absolute Gasteiger partial charge is 0.125 e. The van der Waals surface area contributed by atoms with Crippen LogP contribution < -0.4 is 0 Å². The Kier molecular flexibility index (Phi) is 25.7. The van der Waals surface area contributed by atoms with Gasteiger partial charge < -0.3 is 0 Å². The monoisotopic (exact) mass is 555 g/mol. The lowest BCUT2D eigenvalue weighted by Gasteiger charge is -1.57. The Hall–Kier alpha value is -10.1. The van der Waals surface area contributed by atoms with E-state index in [0.717, 1.165) is 0 Å². The molecule has 0 bridgehead atoms. The Morgan fingerprint density at radius 2 is 0.283 bits per heavy atom. The average molecular weight is 556 g/mol. The molecule has 0 heterocycles. The van der Waals surface area contributed by atoms with Crippen LogP contribution in [0.4, 0.5) is 0 Å². The molecule has 0 N–H and O–H groups in total. The van der Waals surface area contributed by atoms with Crippen molar-refractivity contribution in [3.63, 3.8) is 0 Å². The fourth-order valence-electron chi connectivity index (χ4n) is 1.32. The molecule has 0 aromatic carbocycles. The van der Waals surface area contributed by atoms with Crippen molar-refractivity contribution in [3.8, 4) is 273 Å². The van der Waals surface area contributed by atoms with Gasteiger partial charge >= 0.3 is 0 Å². The van der Waals surface area contributed by atoms with Crippen LogP contribution in [0.2, 0.25) is 0 Å². The van der Waals surface area contributed by atoms with E-state index in [9.17, 15) is 0 Å². The van der Waals surface area contributed by atoms with Gasteiger partial charge in [-0.1, -0.05) is 0 Å². The van der Waals surface area contributed by atoms with Gasteiger partial charge in [0.05, 0.1) is 0 Å². The van der Waals surface area contributed by atoms with Crippen LogP contribution in [0.5, 0.6) is 0 Å². The molecule has 0 nitrogen and oxygen atoms in total. The van der Waals surface area contributed by atoms with Crippen molar-refractivity contribution >= 4 is 0 Å². The highest BCUT2D eigenvalue weighted by molar-refractivity contribution is 5.50. The second-order valence-corrected chi connectivity index (χ2v) is 5.52. The summed E-state index contributed by atoms with van der Waals surface area (Å²) in [5, 5.41) is 0. The maximum absolute atomic E-state index is 6.56. The summed E-state index contributed by atoms with van der Waals surface area (Å²) < 4.78 is 6.56. The van der Waals surface area contributed by atoms with Gasteiger partial charge in [0.25, 0.3) is 0 Å². The number of rotatable bonds is 0. The quantitative estimate of drug-likeness (QED) is 0.378. The Morgan fingerprint density at radius 3 is 0.391 bits per heavy atom. The van der Waals surface area contributed by atoms with Gasteiger partial charge in [0.15, 0.2) is 0 Å². The van der Waals surface area contributed by atoms with E-state index in [2.05, 4.69) is 260 Å². The average Bonchev–Trinajstić information content (AvgIpc) is 3.08. The minimum Gasteiger partial charge on any atom is -0.106 e. The third-order valence-corrected chi connectivity index (χ3v) is 2.70. The van der Waals surface area contributed by atoms with E-state index >= 15 is 0 Å². The second-order valence-electron chi connectivity index (χ2n) is 5.52. The smallest absolute Gasteiger partial charge is 0.106 e. The van der Waals surface area contributed by atoms with Crippen molar-refractivity contribution in [1.29, 1.82) is 0 Å². The Balaban J connectivity index is 4.55. The van der Waals surface area contributed by atoms with Gasteiger partial charge in [0.1, 0.15) is 1.37 Å². The van der Waals surface area contributed by atoms with Gasteiger partial charge in [0.2, 0.25) is 0 Å². The fraction of sp³-hybridized carbons (Fsp3) is 0. The highest BCUT2D eigenvalue weighted by Crippen LogP contribution is 1.61. The van der Waals surface area contributed by atoms with E-state index in [1.165, 1.54) is 0 Å². The van der Waals surface area contributed by atoms with Crippen LogP contribution in [-0.4, -0.2) is 0 Å². The molecule has 0 unspecified atom stereocenters. The van der Waals surface area contributed by atoms with Crippen molar-refractivity contribution < 1.29 is 1.37 Å². The standard InChI is InChI=1S/C46H2/c1-3-5-7-9-11-13-15-17-19-21-23-25-27-29-31-33-35-37-39-41-43-45-46-44-42-40-38-36-34-32-30-28-26-24-22-20-18-16-14-12-10-8-6-4-2/h1-2H/i1D. The van der Waals surface area contributed by atoms with Gasteiger partial charge in [-0.25, -0.2) is 0 Å². The second kappa shape index (κ2) is 34.9. The first-order chi connectivity index (χ1) is 23.4. The first kappa shape index (κ1) is 33.9. The van der Waals surface area contributed by atoms with Crippen LogP contribution in [0.15, 0.2) is 0 Å². The molecule has 0 spiro atoms. The summed E-state index contributed by atoms with van der Waals surface area (Å²) >= 11 is 0. The summed E-state index contributed by atoms with van der Waals surface area (Å²) in [5.41, 5.74) is 0. The Labute approximate surface area is 274 Å². The number of terminal acetylenes is 2. The maximum Gasteiger partial charge on any atom is 0.125 e. The summed E-state index contributed by atoms with van der Waals surface area (Å²) in [5.74, 6) is 108. The van der Waals surface area contributed by atoms with E-state index in [4.69, 9.17) is 7.79 Å². The SMILES string of the molecule is [2H]C#CC#CC#CC#CC#CC#CC#CC#CC#CC#CC#CC#CC#CC#CC#CC#CC#CC#CC#CC#CC#CC#CC#C. The van der Waals surface area contributed by atoms with Crippen molar-refractivity contribution in [2.75, 3.05) is 0 Å². The molecule has 0 saturated carbocycles. The molecule has 0 aliphatic heterocycles. The molecule has 0 aromatic heterocycles. The molecule has 0 saturated heterocycles. The minimum absolute atomic E-state index is 1.87. The predicted molar refractivity (Wildman–Crippen MR) is 181 cm³/mol. The van der Waals surface area contributed by atoms with Crippen molar-refractivity contribution in [3.05, 3.63) is 0 Å². The maximum atomic E-state index is 6.56. The molecule has 0 aromatic rings. The molecular weight excluding hydrogens is 553 g/mol. The summed E-state index contributed by atoms with van der Waals surface area (Å²) in [6.07, 6.45) is 6.81. The fourth-order valence-corrected chi connectivity index (χ4v) is 1.32. The van der Waals surface area contributed by atoms with Crippen molar-refractivity contribution in [2.24, 2.45) is 0 Å². The molecule has 0 heteroatoms. The number of hydrogen-bond donors (Lipinski definition) is 0. The first-order valence-electron chi connectivity index (χ1n) is 11.8. The van der Waals surface area contributed by atoms with Crippen LogP contribution in [0.25, 0.3) is 0 Å². The molecule has 186 valence electrons. The third-order valence-electron chi connectivity index (χ3n) is 2.70. The van der Waals surface area contributed by atoms with Crippen LogP contribution in [0.3, 0.4) is 0 Å². The van der Waals surface area contributed by atoms with Gasteiger partial charge in [-0.3, -0.25) is 0 Å². The predicted octanol–water partition coefficient (Wildman–Crippen LogP) is 0.324. The molecule has 0 amide bonds. The zero-order chi connectivity index (χ0) is 33.8. The minimum atomic E-state index is 1.87. The molecule has 0 atom stereocenters. The van der Waals surface area contributed by atoms with Gasteiger partial charge in [-0.05, 0) is 94.7 Å². The van der Waals surface area contributed by atoms with Gasteiger partial charge in [0, 0.05) is 166 Å². The summed E-state index contributed by atoms with van der Waals surface area (Å²) in [4.78, 5) is 0. The van der Waals surface area contributed by atoms with Gasteiger partial charge in [-0.15, -0.1) is 12.8 Å². The lowest BCUT2D eigenvalue weighted by Crippen LogP contribution is -1.57. The lowest BCUT2D eigenvalue weighted by molar-refractivity contribution is 2.31. The van der Waals surface area contributed by atoms with E-state index in [0.29, 0.717) is 0 Å². The molecule has 0 rings (SSSR count). The molecule has 0 aliphatic carbocycles. The summed E-state index contributed by atoms with van der Waals surface area (Å²) in [7, 11) is 0. The van der Waals surface area contributed by atoms with Crippen molar-refractivity contribution in [1.82, 2.24) is 0 Å². The van der Waals surface area contributed by atoms with Crippen molar-refractivity contribution in [2.45, 2.75) is 0 Å². The van der Waals surface area contributed by atoms with E-state index in [-0.39, 0.29) is 0 Å². The third kappa shape index (κ3) is 33.9. The highest BCUT2D eigenvalue weighted by atomic mass is 13.6. The normalized spacial score (nSPS) is 4.02. The molecule has 46 heavy (non-hydrogen) atoms. The highest BCUT2D eigenvalue weighted by Gasteiger charge is 1.61. The lowest BCUT2D eigenvalue weighted by atomic mass is 10.4. The first-order valence-corrected chi connectivity index (χ1v) is 11.3. The van der Waals surface area contributed by atoms with E-state index in [1.807, 2.05) is 6.40 Å². The van der Waals surface area contributed by atoms with Crippen LogP contribution in [-0.2, 0) is 0 Å². The Bertz CT molecular complexity index is 2810. The Morgan fingerprint density at radius 1 is 0.174 bits per heavy atom. The van der Waals surface area contributed by atoms with Crippen LogP contribution in [0.1, 0.15) is 1.37 Å². The van der Waals surface area contributed by atoms with E-state index < -0.39 is 0 Å². The molecule has 0 fully saturated rings. The number of hydrogen-bond acceptors (Lipinski definition) is 0. The molecule has 0 radical (unpaired) electrons. The topological polar surface area (TPSA) is 0 Å². The zero-order valence-electron chi connectivity index (χ0n) is 24.1.